The van der Waals surface area contributed by atoms with Gasteiger partial charge >= 0.3 is 0 Å². The van der Waals surface area contributed by atoms with E-state index in [9.17, 15) is 5.11 Å². The van der Waals surface area contributed by atoms with Gasteiger partial charge in [-0.05, 0) is 23.6 Å². The maximum absolute atomic E-state index is 9.30. The summed E-state index contributed by atoms with van der Waals surface area (Å²) in [6.45, 7) is 6.14. The Bertz CT molecular complexity index is 364. The first-order chi connectivity index (χ1) is 8.15. The van der Waals surface area contributed by atoms with Crippen LogP contribution in [0.2, 0.25) is 0 Å². The molecule has 1 aliphatic rings. The highest BCUT2D eigenvalue weighted by atomic mass is 16.5. The van der Waals surface area contributed by atoms with Crippen molar-refractivity contribution in [2.24, 2.45) is 5.41 Å². The summed E-state index contributed by atoms with van der Waals surface area (Å²) in [5.41, 5.74) is 1.08. The lowest BCUT2D eigenvalue weighted by Crippen LogP contribution is -2.49. The average Bonchev–Trinajstić information content (AvgIpc) is 2.28. The SMILES string of the molecule is CC(C)c1cccc(OCC2(CO)COC2)c1. The highest BCUT2D eigenvalue weighted by Crippen LogP contribution is 2.28. The van der Waals surface area contributed by atoms with Crippen molar-refractivity contribution in [3.63, 3.8) is 0 Å². The molecule has 1 aromatic rings. The van der Waals surface area contributed by atoms with Crippen molar-refractivity contribution >= 4 is 0 Å². The van der Waals surface area contributed by atoms with E-state index in [1.54, 1.807) is 0 Å². The predicted octanol–water partition coefficient (Wildman–Crippen LogP) is 2.20. The molecule has 0 aromatic heterocycles. The monoisotopic (exact) mass is 236 g/mol. The fourth-order valence-corrected chi connectivity index (χ4v) is 1.81. The Hall–Kier alpha value is -1.06. The first-order valence-electron chi connectivity index (χ1n) is 6.07. The van der Waals surface area contributed by atoms with Crippen molar-refractivity contribution < 1.29 is 14.6 Å². The maximum Gasteiger partial charge on any atom is 0.119 e. The molecule has 1 aromatic carbocycles. The summed E-state index contributed by atoms with van der Waals surface area (Å²) >= 11 is 0. The quantitative estimate of drug-likeness (QED) is 0.851. The van der Waals surface area contributed by atoms with Crippen molar-refractivity contribution in [2.75, 3.05) is 26.4 Å². The number of ether oxygens (including phenoxy) is 2. The molecular weight excluding hydrogens is 216 g/mol. The lowest BCUT2D eigenvalue weighted by atomic mass is 9.88. The van der Waals surface area contributed by atoms with Crippen molar-refractivity contribution in [3.05, 3.63) is 29.8 Å². The molecule has 0 aliphatic carbocycles. The van der Waals surface area contributed by atoms with E-state index in [0.717, 1.165) is 5.75 Å². The zero-order valence-corrected chi connectivity index (χ0v) is 10.5. The van der Waals surface area contributed by atoms with E-state index in [4.69, 9.17) is 9.47 Å². The number of aliphatic hydroxyl groups excluding tert-OH is 1. The molecule has 1 saturated heterocycles. The van der Waals surface area contributed by atoms with Gasteiger partial charge in [-0.2, -0.15) is 0 Å². The van der Waals surface area contributed by atoms with Gasteiger partial charge in [-0.15, -0.1) is 0 Å². The number of hydrogen-bond acceptors (Lipinski definition) is 3. The molecule has 17 heavy (non-hydrogen) atoms. The number of rotatable bonds is 5. The number of hydrogen-bond donors (Lipinski definition) is 1. The Morgan fingerprint density at radius 3 is 2.71 bits per heavy atom. The van der Waals surface area contributed by atoms with Gasteiger partial charge in [0.05, 0.1) is 25.2 Å². The number of benzene rings is 1. The zero-order chi connectivity index (χ0) is 12.3. The van der Waals surface area contributed by atoms with Crippen molar-refractivity contribution in [3.8, 4) is 5.75 Å². The molecule has 1 aliphatic heterocycles. The predicted molar refractivity (Wildman–Crippen MR) is 66.4 cm³/mol. The number of aliphatic hydroxyl groups is 1. The maximum atomic E-state index is 9.30. The van der Waals surface area contributed by atoms with E-state index >= 15 is 0 Å². The molecule has 3 nitrogen and oxygen atoms in total. The summed E-state index contributed by atoms with van der Waals surface area (Å²) in [5.74, 6) is 1.37. The summed E-state index contributed by atoms with van der Waals surface area (Å²) in [5, 5.41) is 9.30. The minimum atomic E-state index is -0.187. The third kappa shape index (κ3) is 2.79. The highest BCUT2D eigenvalue weighted by Gasteiger charge is 2.39. The van der Waals surface area contributed by atoms with Gasteiger partial charge in [-0.25, -0.2) is 0 Å². The molecule has 0 bridgehead atoms. The van der Waals surface area contributed by atoms with Crippen molar-refractivity contribution in [1.82, 2.24) is 0 Å². The van der Waals surface area contributed by atoms with E-state index in [1.807, 2.05) is 12.1 Å². The van der Waals surface area contributed by atoms with E-state index in [2.05, 4.69) is 26.0 Å². The van der Waals surface area contributed by atoms with Gasteiger partial charge in [0.2, 0.25) is 0 Å². The van der Waals surface area contributed by atoms with Gasteiger partial charge in [0.1, 0.15) is 12.4 Å². The fourth-order valence-electron chi connectivity index (χ4n) is 1.81. The summed E-state index contributed by atoms with van der Waals surface area (Å²) in [6.07, 6.45) is 0. The Balaban J connectivity index is 1.96. The Morgan fingerprint density at radius 2 is 2.18 bits per heavy atom. The lowest BCUT2D eigenvalue weighted by Gasteiger charge is -2.39. The standard InChI is InChI=1S/C14H20O3/c1-11(2)12-4-3-5-13(6-12)17-10-14(7-15)8-16-9-14/h3-6,11,15H,7-10H2,1-2H3. The summed E-state index contributed by atoms with van der Waals surface area (Å²) < 4.78 is 10.9. The van der Waals surface area contributed by atoms with Gasteiger partial charge in [0.25, 0.3) is 0 Å². The van der Waals surface area contributed by atoms with Crippen LogP contribution in [0.4, 0.5) is 0 Å². The molecule has 2 rings (SSSR count). The van der Waals surface area contributed by atoms with Crippen LogP contribution in [-0.4, -0.2) is 31.5 Å². The van der Waals surface area contributed by atoms with Crippen LogP contribution in [0.1, 0.15) is 25.3 Å². The highest BCUT2D eigenvalue weighted by molar-refractivity contribution is 5.30. The van der Waals surface area contributed by atoms with Crippen LogP contribution in [0.15, 0.2) is 24.3 Å². The largest absolute Gasteiger partial charge is 0.493 e. The molecule has 0 radical (unpaired) electrons. The fraction of sp³-hybridized carbons (Fsp3) is 0.571. The van der Waals surface area contributed by atoms with Gasteiger partial charge < -0.3 is 14.6 Å². The van der Waals surface area contributed by atoms with Crippen LogP contribution >= 0.6 is 0 Å². The molecule has 1 fully saturated rings. The molecule has 0 saturated carbocycles. The van der Waals surface area contributed by atoms with E-state index < -0.39 is 0 Å². The Morgan fingerprint density at radius 1 is 1.41 bits per heavy atom. The van der Waals surface area contributed by atoms with E-state index in [-0.39, 0.29) is 12.0 Å². The zero-order valence-electron chi connectivity index (χ0n) is 10.5. The smallest absolute Gasteiger partial charge is 0.119 e. The summed E-state index contributed by atoms with van der Waals surface area (Å²) in [7, 11) is 0. The third-order valence-electron chi connectivity index (χ3n) is 3.22. The second-order valence-corrected chi connectivity index (χ2v) is 5.17. The minimum Gasteiger partial charge on any atom is -0.493 e. The molecule has 3 heteroatoms. The average molecular weight is 236 g/mol. The first kappa shape index (κ1) is 12.4. The Kier molecular flexibility index (Phi) is 3.69. The van der Waals surface area contributed by atoms with E-state index in [0.29, 0.717) is 25.7 Å². The second-order valence-electron chi connectivity index (χ2n) is 5.17. The molecule has 94 valence electrons. The molecule has 0 spiro atoms. The topological polar surface area (TPSA) is 38.7 Å². The van der Waals surface area contributed by atoms with Crippen LogP contribution in [0.5, 0.6) is 5.75 Å². The molecule has 1 heterocycles. The van der Waals surface area contributed by atoms with Gasteiger partial charge in [-0.3, -0.25) is 0 Å². The second kappa shape index (κ2) is 5.07. The van der Waals surface area contributed by atoms with Crippen LogP contribution in [-0.2, 0) is 4.74 Å². The molecule has 1 N–H and O–H groups in total. The van der Waals surface area contributed by atoms with Crippen molar-refractivity contribution in [2.45, 2.75) is 19.8 Å². The van der Waals surface area contributed by atoms with Gasteiger partial charge in [-0.1, -0.05) is 26.0 Å². The normalized spacial score (nSPS) is 17.9. The van der Waals surface area contributed by atoms with Gasteiger partial charge in [0.15, 0.2) is 0 Å². The molecule has 0 amide bonds. The molecule has 0 atom stereocenters. The summed E-state index contributed by atoms with van der Waals surface area (Å²) in [4.78, 5) is 0. The van der Waals surface area contributed by atoms with E-state index in [1.165, 1.54) is 5.56 Å². The van der Waals surface area contributed by atoms with Crippen LogP contribution in [0.25, 0.3) is 0 Å². The van der Waals surface area contributed by atoms with Crippen molar-refractivity contribution in [1.29, 1.82) is 0 Å². The first-order valence-corrected chi connectivity index (χ1v) is 6.07. The van der Waals surface area contributed by atoms with Crippen LogP contribution in [0, 0.1) is 5.41 Å². The van der Waals surface area contributed by atoms with Gasteiger partial charge in [0, 0.05) is 0 Å². The molecular formula is C14H20O3. The molecule has 0 unspecified atom stereocenters. The lowest BCUT2D eigenvalue weighted by molar-refractivity contribution is -0.153. The third-order valence-corrected chi connectivity index (χ3v) is 3.22. The van der Waals surface area contributed by atoms with Crippen LogP contribution in [0.3, 0.4) is 0 Å². The minimum absolute atomic E-state index is 0.122. The van der Waals surface area contributed by atoms with Crippen LogP contribution < -0.4 is 4.74 Å². The Labute approximate surface area is 102 Å². The summed E-state index contributed by atoms with van der Waals surface area (Å²) in [6, 6.07) is 8.13.